The van der Waals surface area contributed by atoms with Crippen LogP contribution in [0.2, 0.25) is 0 Å². The molecule has 2 aliphatic carbocycles. The van der Waals surface area contributed by atoms with Gasteiger partial charge in [-0.25, -0.2) is 22.4 Å². The molecule has 47 heavy (non-hydrogen) atoms. The fraction of sp³-hybridized carbons (Fsp3) is 0.581. The third-order valence-corrected chi connectivity index (χ3v) is 9.62. The van der Waals surface area contributed by atoms with Gasteiger partial charge in [0.1, 0.15) is 24.0 Å². The van der Waals surface area contributed by atoms with E-state index in [-0.39, 0.29) is 53.7 Å². The van der Waals surface area contributed by atoms with Gasteiger partial charge in [0.25, 0.3) is 0 Å². The molecule has 5 amide bonds. The summed E-state index contributed by atoms with van der Waals surface area (Å²) in [5.74, 6) is -1.12. The number of carboxylic acid groups (broad SMARTS) is 1. The van der Waals surface area contributed by atoms with Crippen LogP contribution in [-0.4, -0.2) is 90.3 Å². The summed E-state index contributed by atoms with van der Waals surface area (Å²) in [4.78, 5) is 59.8. The Balaban J connectivity index is 0.000000197. The van der Waals surface area contributed by atoms with Gasteiger partial charge in [0, 0.05) is 31.6 Å². The van der Waals surface area contributed by atoms with Crippen LogP contribution in [0.15, 0.2) is 30.9 Å². The van der Waals surface area contributed by atoms with Gasteiger partial charge in [-0.2, -0.15) is 0 Å². The fourth-order valence-corrected chi connectivity index (χ4v) is 6.39. The largest absolute Gasteiger partial charge is 0.465 e. The lowest BCUT2D eigenvalue weighted by molar-refractivity contribution is -0.137. The van der Waals surface area contributed by atoms with E-state index >= 15 is 0 Å². The fourth-order valence-electron chi connectivity index (χ4n) is 5.04. The SMILES string of the molecule is C=CC1C[C@@H]1C(=O)NS(=O)(=O)C1CC1.CNC(=O)C1CCCN1C(=O)CNC(=O)OC(C)(C)C.O=C(O)N1Cc2cccc(F)c2C1. The lowest BCUT2D eigenvalue weighted by atomic mass is 10.1. The maximum Gasteiger partial charge on any atom is 0.408 e. The van der Waals surface area contributed by atoms with Crippen molar-refractivity contribution in [3.05, 3.63) is 47.8 Å². The number of rotatable bonds is 7. The molecule has 2 unspecified atom stereocenters. The van der Waals surface area contributed by atoms with E-state index in [1.165, 1.54) is 15.9 Å². The van der Waals surface area contributed by atoms with Crippen LogP contribution in [0.5, 0.6) is 0 Å². The number of benzene rings is 1. The molecule has 1 aromatic rings. The monoisotopic (exact) mass is 681 g/mol. The molecule has 3 atom stereocenters. The number of nitrogens with zero attached hydrogens (tertiary/aromatic N) is 2. The summed E-state index contributed by atoms with van der Waals surface area (Å²) in [6.07, 6.45) is 3.59. The van der Waals surface area contributed by atoms with Crippen molar-refractivity contribution in [3.63, 3.8) is 0 Å². The number of halogens is 1. The number of allylic oxidation sites excluding steroid dienone is 1. The molecule has 0 bridgehead atoms. The van der Waals surface area contributed by atoms with Crippen LogP contribution in [0.3, 0.4) is 0 Å². The highest BCUT2D eigenvalue weighted by Crippen LogP contribution is 2.40. The molecule has 16 heteroatoms. The predicted molar refractivity (Wildman–Crippen MR) is 169 cm³/mol. The Morgan fingerprint density at radius 1 is 1.11 bits per heavy atom. The summed E-state index contributed by atoms with van der Waals surface area (Å²) in [6.45, 7) is 9.64. The summed E-state index contributed by atoms with van der Waals surface area (Å²) in [6, 6.07) is 4.26. The zero-order valence-corrected chi connectivity index (χ0v) is 27.9. The Kier molecular flexibility index (Phi) is 12.4. The smallest absolute Gasteiger partial charge is 0.408 e. The maximum absolute atomic E-state index is 13.1. The van der Waals surface area contributed by atoms with Crippen molar-refractivity contribution in [1.29, 1.82) is 0 Å². The summed E-state index contributed by atoms with van der Waals surface area (Å²) in [5, 5.41) is 13.3. The van der Waals surface area contributed by atoms with Gasteiger partial charge < -0.3 is 25.4 Å². The minimum absolute atomic E-state index is 0.164. The van der Waals surface area contributed by atoms with Gasteiger partial charge >= 0.3 is 12.2 Å². The highest BCUT2D eigenvalue weighted by Gasteiger charge is 2.44. The molecule has 0 spiro atoms. The van der Waals surface area contributed by atoms with E-state index in [2.05, 4.69) is 21.9 Å². The molecule has 260 valence electrons. The molecule has 4 N–H and O–H groups in total. The van der Waals surface area contributed by atoms with Crippen molar-refractivity contribution < 1.29 is 46.6 Å². The van der Waals surface area contributed by atoms with Crippen molar-refractivity contribution in [2.45, 2.75) is 82.9 Å². The van der Waals surface area contributed by atoms with Crippen molar-refractivity contribution in [3.8, 4) is 0 Å². The molecular formula is C31H44FN5O9S. The van der Waals surface area contributed by atoms with Crippen LogP contribution in [0, 0.1) is 17.7 Å². The number of likely N-dealkylation sites (N-methyl/N-ethyl adjacent to an activating group) is 1. The molecule has 2 saturated carbocycles. The number of fused-ring (bicyclic) bond motifs is 1. The van der Waals surface area contributed by atoms with Crippen molar-refractivity contribution in [2.75, 3.05) is 20.1 Å². The molecule has 0 radical (unpaired) electrons. The molecular weight excluding hydrogens is 637 g/mol. The van der Waals surface area contributed by atoms with Crippen molar-refractivity contribution >= 4 is 39.9 Å². The summed E-state index contributed by atoms with van der Waals surface area (Å²) >= 11 is 0. The Morgan fingerprint density at radius 3 is 2.32 bits per heavy atom. The number of carbonyl (C=O) groups is 5. The Bertz CT molecular complexity index is 1480. The van der Waals surface area contributed by atoms with E-state index in [4.69, 9.17) is 9.84 Å². The highest BCUT2D eigenvalue weighted by molar-refractivity contribution is 7.90. The van der Waals surface area contributed by atoms with Gasteiger partial charge in [0.2, 0.25) is 27.7 Å². The normalized spacial score (nSPS) is 21.1. The number of hydrogen-bond donors (Lipinski definition) is 4. The topological polar surface area (TPSA) is 192 Å². The molecule has 0 aromatic heterocycles. The van der Waals surface area contributed by atoms with E-state index in [1.54, 1.807) is 46.0 Å². The van der Waals surface area contributed by atoms with Crippen LogP contribution in [0.4, 0.5) is 14.0 Å². The molecule has 4 aliphatic rings. The van der Waals surface area contributed by atoms with Crippen molar-refractivity contribution in [1.82, 2.24) is 25.2 Å². The first-order chi connectivity index (χ1) is 22.0. The van der Waals surface area contributed by atoms with Crippen LogP contribution in [0.1, 0.15) is 64.0 Å². The third kappa shape index (κ3) is 10.9. The average molecular weight is 682 g/mol. The van der Waals surface area contributed by atoms with Crippen LogP contribution >= 0.6 is 0 Å². The number of ether oxygens (including phenoxy) is 1. The predicted octanol–water partition coefficient (Wildman–Crippen LogP) is 2.48. The van der Waals surface area contributed by atoms with Gasteiger partial charge in [-0.15, -0.1) is 6.58 Å². The second-order valence-electron chi connectivity index (χ2n) is 12.7. The minimum Gasteiger partial charge on any atom is -0.465 e. The Morgan fingerprint density at radius 2 is 1.79 bits per heavy atom. The van der Waals surface area contributed by atoms with Gasteiger partial charge in [0.15, 0.2) is 0 Å². The number of hydrogen-bond acceptors (Lipinski definition) is 8. The Labute approximate surface area is 274 Å². The lowest BCUT2D eigenvalue weighted by Gasteiger charge is -2.24. The highest BCUT2D eigenvalue weighted by atomic mass is 32.2. The molecule has 1 saturated heterocycles. The maximum atomic E-state index is 13.1. The van der Waals surface area contributed by atoms with Gasteiger partial charge in [0.05, 0.1) is 11.8 Å². The molecule has 5 rings (SSSR count). The first kappa shape index (κ1) is 37.2. The summed E-state index contributed by atoms with van der Waals surface area (Å²) < 4.78 is 43.0. The molecule has 3 fully saturated rings. The average Bonchev–Trinajstić information content (AvgIpc) is 3.91. The second-order valence-corrected chi connectivity index (χ2v) is 14.6. The number of nitrogens with one attached hydrogen (secondary N) is 3. The lowest BCUT2D eigenvalue weighted by Crippen LogP contribution is -2.48. The van der Waals surface area contributed by atoms with Crippen LogP contribution in [-0.2, 0) is 42.2 Å². The number of likely N-dealkylation sites (tertiary alicyclic amines) is 1. The number of carbonyl (C=O) groups excluding carboxylic acids is 4. The molecule has 2 aliphatic heterocycles. The van der Waals surface area contributed by atoms with Gasteiger partial charge in [-0.3, -0.25) is 24.0 Å². The first-order valence-corrected chi connectivity index (χ1v) is 16.9. The number of amides is 5. The zero-order valence-electron chi connectivity index (χ0n) is 27.1. The molecule has 2 heterocycles. The molecule has 14 nitrogen and oxygen atoms in total. The number of sulfonamides is 1. The number of alkyl carbamates (subject to hydrolysis) is 1. The minimum atomic E-state index is -3.36. The van der Waals surface area contributed by atoms with Crippen LogP contribution < -0.4 is 15.4 Å². The summed E-state index contributed by atoms with van der Waals surface area (Å²) in [5.41, 5.74) is 0.665. The molecule has 1 aromatic carbocycles. The quantitative estimate of drug-likeness (QED) is 0.313. The summed E-state index contributed by atoms with van der Waals surface area (Å²) in [7, 11) is -1.81. The van der Waals surface area contributed by atoms with E-state index in [0.717, 1.165) is 18.4 Å². The van der Waals surface area contributed by atoms with Gasteiger partial charge in [-0.05, 0) is 70.4 Å². The first-order valence-electron chi connectivity index (χ1n) is 15.4. The Hall–Kier alpha value is -4.21. The van der Waals surface area contributed by atoms with Gasteiger partial charge in [-0.1, -0.05) is 18.2 Å². The van der Waals surface area contributed by atoms with Crippen molar-refractivity contribution in [2.24, 2.45) is 11.8 Å². The van der Waals surface area contributed by atoms with Crippen LogP contribution in [0.25, 0.3) is 0 Å². The van der Waals surface area contributed by atoms with E-state index in [1.807, 2.05) is 0 Å². The third-order valence-electron chi connectivity index (χ3n) is 7.79. The second kappa shape index (κ2) is 15.6. The zero-order chi connectivity index (χ0) is 35.1. The van der Waals surface area contributed by atoms with E-state index in [9.17, 15) is 36.8 Å². The standard InChI is InChI=1S/C13H23N3O4.C9H8FNO2.C9H13NO3S/c1-13(2,3)20-12(19)15-8-10(17)16-7-5-6-9(16)11(18)14-4;10-8-3-1-2-6-4-11(9(12)13)5-7(6)8;1-2-6-5-8(6)9(11)10-14(12,13)7-3-4-7/h9H,5-8H2,1-4H3,(H,14,18)(H,15,19);1-3H,4-5H2,(H,12,13);2,6-8H,1,3-5H2,(H,10,11)/t;;6?,8-/m..0/s1. The van der Waals surface area contributed by atoms with E-state index in [0.29, 0.717) is 37.9 Å². The van der Waals surface area contributed by atoms with E-state index < -0.39 is 33.9 Å².